The van der Waals surface area contributed by atoms with Crippen molar-refractivity contribution in [2.75, 3.05) is 14.2 Å². The Bertz CT molecular complexity index is 1180. The van der Waals surface area contributed by atoms with E-state index in [0.29, 0.717) is 21.7 Å². The van der Waals surface area contributed by atoms with E-state index in [1.165, 1.54) is 38.5 Å². The number of nitrogens with one attached hydrogen (secondary N) is 1. The number of carbonyl (C=O) groups is 1. The molecule has 29 heavy (non-hydrogen) atoms. The van der Waals surface area contributed by atoms with Gasteiger partial charge in [-0.25, -0.2) is 22.7 Å². The van der Waals surface area contributed by atoms with Crippen LogP contribution in [-0.2, 0) is 16.4 Å². The number of hydrogen-bond donors (Lipinski definition) is 1. The van der Waals surface area contributed by atoms with Gasteiger partial charge in [0.25, 0.3) is 10.0 Å². The lowest BCUT2D eigenvalue weighted by Crippen LogP contribution is -2.38. The SMILES string of the molecule is COc1ccc(Cc2nn(C(=O)NS(=O)(=O)c3ccccc3)c(=O)o2)cc1OC. The average molecular weight is 419 g/mol. The highest BCUT2D eigenvalue weighted by molar-refractivity contribution is 7.90. The number of ether oxygens (including phenoxy) is 2. The molecule has 1 heterocycles. The van der Waals surface area contributed by atoms with Gasteiger partial charge in [0.05, 0.1) is 25.5 Å². The van der Waals surface area contributed by atoms with Crippen LogP contribution in [0.15, 0.2) is 62.6 Å². The summed E-state index contributed by atoms with van der Waals surface area (Å²) in [6, 6.07) is 11.0. The van der Waals surface area contributed by atoms with Gasteiger partial charge < -0.3 is 13.9 Å². The van der Waals surface area contributed by atoms with E-state index in [9.17, 15) is 18.0 Å². The molecular formula is C18H17N3O7S. The smallest absolute Gasteiger partial charge is 0.446 e. The minimum atomic E-state index is -4.16. The molecule has 1 amide bonds. The Morgan fingerprint density at radius 3 is 2.45 bits per heavy atom. The maximum absolute atomic E-state index is 12.2. The van der Waals surface area contributed by atoms with Crippen molar-refractivity contribution < 1.29 is 27.1 Å². The van der Waals surface area contributed by atoms with E-state index in [0.717, 1.165) is 0 Å². The second kappa shape index (κ2) is 8.19. The van der Waals surface area contributed by atoms with Gasteiger partial charge in [-0.3, -0.25) is 0 Å². The van der Waals surface area contributed by atoms with E-state index in [1.54, 1.807) is 29.0 Å². The molecular weight excluding hydrogens is 402 g/mol. The summed E-state index contributed by atoms with van der Waals surface area (Å²) in [6.45, 7) is 0. The van der Waals surface area contributed by atoms with Crippen molar-refractivity contribution in [3.8, 4) is 11.5 Å². The zero-order valence-electron chi connectivity index (χ0n) is 15.5. The predicted molar refractivity (Wildman–Crippen MR) is 101 cm³/mol. The van der Waals surface area contributed by atoms with E-state index in [2.05, 4.69) is 5.10 Å². The zero-order valence-corrected chi connectivity index (χ0v) is 16.3. The van der Waals surface area contributed by atoms with Gasteiger partial charge >= 0.3 is 11.8 Å². The maximum Gasteiger partial charge on any atom is 0.446 e. The molecule has 0 atom stereocenters. The molecule has 0 bridgehead atoms. The van der Waals surface area contributed by atoms with Crippen LogP contribution in [-0.4, -0.2) is 38.4 Å². The zero-order chi connectivity index (χ0) is 21.0. The van der Waals surface area contributed by atoms with Gasteiger partial charge in [0.2, 0.25) is 5.89 Å². The first-order chi connectivity index (χ1) is 13.8. The Labute approximate surface area is 165 Å². The minimum Gasteiger partial charge on any atom is -0.493 e. The fourth-order valence-electron chi connectivity index (χ4n) is 2.50. The molecule has 10 nitrogen and oxygen atoms in total. The molecule has 152 valence electrons. The molecule has 0 fully saturated rings. The summed E-state index contributed by atoms with van der Waals surface area (Å²) < 4.78 is 41.9. The highest BCUT2D eigenvalue weighted by Crippen LogP contribution is 2.28. The molecule has 2 aromatic carbocycles. The monoisotopic (exact) mass is 419 g/mol. The van der Waals surface area contributed by atoms with E-state index in [-0.39, 0.29) is 17.2 Å². The van der Waals surface area contributed by atoms with Crippen LogP contribution in [0, 0.1) is 0 Å². The summed E-state index contributed by atoms with van der Waals surface area (Å²) in [6.07, 6.45) is 0.0707. The van der Waals surface area contributed by atoms with Crippen molar-refractivity contribution in [2.24, 2.45) is 0 Å². The van der Waals surface area contributed by atoms with Crippen molar-refractivity contribution in [1.29, 1.82) is 0 Å². The predicted octanol–water partition coefficient (Wildman–Crippen LogP) is 1.39. The third-order valence-electron chi connectivity index (χ3n) is 3.86. The number of nitrogens with zero attached hydrogens (tertiary/aromatic N) is 2. The van der Waals surface area contributed by atoms with Crippen LogP contribution in [0.4, 0.5) is 4.79 Å². The molecule has 0 aliphatic carbocycles. The first kappa shape index (κ1) is 20.1. The van der Waals surface area contributed by atoms with Crippen LogP contribution >= 0.6 is 0 Å². The molecule has 0 saturated carbocycles. The van der Waals surface area contributed by atoms with E-state index < -0.39 is 21.8 Å². The molecule has 0 aliphatic heterocycles. The van der Waals surface area contributed by atoms with Crippen LogP contribution < -0.4 is 20.0 Å². The van der Waals surface area contributed by atoms with Gasteiger partial charge in [0, 0.05) is 0 Å². The third-order valence-corrected chi connectivity index (χ3v) is 5.20. The van der Waals surface area contributed by atoms with Gasteiger partial charge in [-0.15, -0.1) is 9.78 Å². The molecule has 3 rings (SSSR count). The molecule has 0 unspecified atom stereocenters. The molecule has 0 spiro atoms. The standard InChI is InChI=1S/C18H17N3O7S/c1-26-14-9-8-12(10-15(14)27-2)11-16-19-21(18(23)28-16)17(22)20-29(24,25)13-6-4-3-5-7-13/h3-10H,11H2,1-2H3,(H,20,22). The first-order valence-electron chi connectivity index (χ1n) is 8.26. The lowest BCUT2D eigenvalue weighted by Gasteiger charge is -2.08. The van der Waals surface area contributed by atoms with Crippen molar-refractivity contribution in [3.63, 3.8) is 0 Å². The number of amides is 1. The van der Waals surface area contributed by atoms with Crippen LogP contribution in [0.3, 0.4) is 0 Å². The van der Waals surface area contributed by atoms with Gasteiger partial charge in [-0.05, 0) is 29.8 Å². The number of carbonyl (C=O) groups excluding carboxylic acids is 1. The Morgan fingerprint density at radius 2 is 1.79 bits per heavy atom. The summed E-state index contributed by atoms with van der Waals surface area (Å²) in [5.41, 5.74) is 0.674. The highest BCUT2D eigenvalue weighted by Gasteiger charge is 2.22. The molecule has 0 saturated heterocycles. The van der Waals surface area contributed by atoms with Gasteiger partial charge in [-0.2, -0.15) is 0 Å². The second-order valence-corrected chi connectivity index (χ2v) is 7.45. The van der Waals surface area contributed by atoms with Crippen LogP contribution in [0.25, 0.3) is 0 Å². The van der Waals surface area contributed by atoms with Crippen molar-refractivity contribution in [1.82, 2.24) is 14.5 Å². The van der Waals surface area contributed by atoms with E-state index in [4.69, 9.17) is 13.9 Å². The lowest BCUT2D eigenvalue weighted by atomic mass is 10.1. The number of sulfonamides is 1. The molecule has 11 heteroatoms. The number of rotatable bonds is 6. The number of aromatic nitrogens is 2. The summed E-state index contributed by atoms with van der Waals surface area (Å²) in [7, 11) is -1.18. The van der Waals surface area contributed by atoms with Crippen LogP contribution in [0.5, 0.6) is 11.5 Å². The van der Waals surface area contributed by atoms with Gasteiger partial charge in [-0.1, -0.05) is 24.3 Å². The molecule has 0 radical (unpaired) electrons. The van der Waals surface area contributed by atoms with Gasteiger partial charge in [0.1, 0.15) is 0 Å². The maximum atomic E-state index is 12.2. The van der Waals surface area contributed by atoms with E-state index in [1.807, 2.05) is 0 Å². The Hall–Kier alpha value is -3.60. The van der Waals surface area contributed by atoms with Crippen LogP contribution in [0.2, 0.25) is 0 Å². The van der Waals surface area contributed by atoms with Crippen molar-refractivity contribution in [3.05, 3.63) is 70.5 Å². The summed E-state index contributed by atoms with van der Waals surface area (Å²) in [5.74, 6) is -0.192. The third kappa shape index (κ3) is 4.46. The Morgan fingerprint density at radius 1 is 1.10 bits per heavy atom. The Kier molecular flexibility index (Phi) is 5.69. The average Bonchev–Trinajstić information content (AvgIpc) is 3.08. The quantitative estimate of drug-likeness (QED) is 0.634. The molecule has 3 aromatic rings. The fraction of sp³-hybridized carbons (Fsp3) is 0.167. The molecule has 0 aliphatic rings. The second-order valence-electron chi connectivity index (χ2n) is 5.76. The number of benzene rings is 2. The first-order valence-corrected chi connectivity index (χ1v) is 9.74. The minimum absolute atomic E-state index is 0.0707. The van der Waals surface area contributed by atoms with Gasteiger partial charge in [0.15, 0.2) is 11.5 Å². The van der Waals surface area contributed by atoms with E-state index >= 15 is 0 Å². The Balaban J connectivity index is 1.80. The summed E-state index contributed by atoms with van der Waals surface area (Å²) in [4.78, 5) is 24.0. The normalized spacial score (nSPS) is 11.1. The number of hydrogen-bond acceptors (Lipinski definition) is 8. The molecule has 1 aromatic heterocycles. The van der Waals surface area contributed by atoms with Crippen LogP contribution in [0.1, 0.15) is 11.5 Å². The topological polar surface area (TPSA) is 130 Å². The van der Waals surface area contributed by atoms with Crippen molar-refractivity contribution >= 4 is 16.1 Å². The fourth-order valence-corrected chi connectivity index (χ4v) is 3.45. The molecule has 1 N–H and O–H groups in total. The van der Waals surface area contributed by atoms with Crippen molar-refractivity contribution in [2.45, 2.75) is 11.3 Å². The largest absolute Gasteiger partial charge is 0.493 e. The highest BCUT2D eigenvalue weighted by atomic mass is 32.2. The summed E-state index contributed by atoms with van der Waals surface area (Å²) >= 11 is 0. The number of methoxy groups -OCH3 is 2. The lowest BCUT2D eigenvalue weighted by molar-refractivity contribution is 0.242. The summed E-state index contributed by atoms with van der Waals surface area (Å²) in [5, 5.41) is 3.77.